The van der Waals surface area contributed by atoms with Gasteiger partial charge in [-0.2, -0.15) is 0 Å². The molecule has 0 fully saturated rings. The van der Waals surface area contributed by atoms with E-state index in [1.54, 1.807) is 0 Å². The van der Waals surface area contributed by atoms with Crippen molar-refractivity contribution in [2.75, 3.05) is 5.33 Å². The lowest BCUT2D eigenvalue weighted by molar-refractivity contribution is 0.699. The van der Waals surface area contributed by atoms with Gasteiger partial charge in [-0.3, -0.25) is 0 Å². The predicted octanol–water partition coefficient (Wildman–Crippen LogP) is 3.54. The number of rotatable bonds is 5. The quantitative estimate of drug-likeness (QED) is 0.522. The second kappa shape index (κ2) is 7.07. The fraction of sp³-hybridized carbons (Fsp3) is 0.857. The molecule has 0 aromatic rings. The Kier molecular flexibility index (Phi) is 7.83. The molecule has 0 aromatic carbocycles. The maximum Gasteiger partial charge on any atom is 0.0145 e. The molecule has 0 bridgehead atoms. The third-order valence-electron chi connectivity index (χ3n) is 1.21. The van der Waals surface area contributed by atoms with E-state index in [0.717, 1.165) is 11.8 Å². The summed E-state index contributed by atoms with van der Waals surface area (Å²) in [6.07, 6.45) is 4.84. The minimum Gasteiger partial charge on any atom is -0.0928 e. The summed E-state index contributed by atoms with van der Waals surface area (Å²) in [6.45, 7) is 3.81. The first-order valence-electron chi connectivity index (χ1n) is 3.30. The van der Waals surface area contributed by atoms with Gasteiger partial charge in [0, 0.05) is 10.2 Å². The average molecular weight is 257 g/mol. The van der Waals surface area contributed by atoms with Crippen LogP contribution in [0.1, 0.15) is 25.7 Å². The van der Waals surface area contributed by atoms with Crippen molar-refractivity contribution in [3.63, 3.8) is 0 Å². The van der Waals surface area contributed by atoms with E-state index in [4.69, 9.17) is 0 Å². The van der Waals surface area contributed by atoms with Crippen LogP contribution in [0.4, 0.5) is 0 Å². The molecule has 0 amide bonds. The minimum absolute atomic E-state index is 0.636. The second-order valence-electron chi connectivity index (χ2n) is 2.07. The average Bonchev–Trinajstić information content (AvgIpc) is 1.89. The van der Waals surface area contributed by atoms with Crippen LogP contribution in [0.5, 0.6) is 0 Å². The summed E-state index contributed by atoms with van der Waals surface area (Å²) in [7, 11) is 0. The normalized spacial score (nSPS) is 13.7. The molecule has 0 N–H and O–H groups in total. The summed E-state index contributed by atoms with van der Waals surface area (Å²) in [6, 6.07) is 0. The summed E-state index contributed by atoms with van der Waals surface area (Å²) in [4.78, 5) is 0.636. The van der Waals surface area contributed by atoms with Crippen molar-refractivity contribution in [2.45, 2.75) is 30.5 Å². The first-order valence-corrected chi connectivity index (χ1v) is 5.34. The highest BCUT2D eigenvalue weighted by atomic mass is 79.9. The molecular formula is C7H13Br2. The van der Waals surface area contributed by atoms with Crippen LogP contribution in [-0.2, 0) is 0 Å². The summed E-state index contributed by atoms with van der Waals surface area (Å²) < 4.78 is 0. The molecule has 55 valence electrons. The van der Waals surface area contributed by atoms with Crippen LogP contribution in [0.2, 0.25) is 0 Å². The first-order chi connectivity index (χ1) is 4.31. The molecule has 0 saturated heterocycles. The molecule has 1 unspecified atom stereocenters. The largest absolute Gasteiger partial charge is 0.0928 e. The lowest BCUT2D eigenvalue weighted by Crippen LogP contribution is -1.94. The smallest absolute Gasteiger partial charge is 0.0145 e. The SMILES string of the molecule is [CH2]CC(Br)CCCCBr. The standard InChI is InChI=1S/C7H13Br2/c1-2-7(9)5-3-4-6-8/h7H,1-6H2. The van der Waals surface area contributed by atoms with Crippen LogP contribution >= 0.6 is 31.9 Å². The fourth-order valence-corrected chi connectivity index (χ4v) is 1.32. The molecule has 0 aliphatic carbocycles. The van der Waals surface area contributed by atoms with Gasteiger partial charge in [0.25, 0.3) is 0 Å². The molecule has 0 aliphatic rings. The predicted molar refractivity (Wildman–Crippen MR) is 50.3 cm³/mol. The fourth-order valence-electron chi connectivity index (χ4n) is 0.605. The Morgan fingerprint density at radius 3 is 2.44 bits per heavy atom. The van der Waals surface area contributed by atoms with Crippen LogP contribution in [0.3, 0.4) is 0 Å². The van der Waals surface area contributed by atoms with Crippen LogP contribution < -0.4 is 0 Å². The molecule has 0 heterocycles. The van der Waals surface area contributed by atoms with Crippen LogP contribution in [0.15, 0.2) is 0 Å². The Balaban J connectivity index is 2.88. The first kappa shape index (κ1) is 9.96. The van der Waals surface area contributed by atoms with Crippen molar-refractivity contribution in [2.24, 2.45) is 0 Å². The molecule has 0 aromatic heterocycles. The van der Waals surface area contributed by atoms with Gasteiger partial charge in [0.05, 0.1) is 0 Å². The van der Waals surface area contributed by atoms with Gasteiger partial charge in [-0.25, -0.2) is 0 Å². The third kappa shape index (κ3) is 6.85. The monoisotopic (exact) mass is 255 g/mol. The maximum atomic E-state index is 3.81. The van der Waals surface area contributed by atoms with E-state index in [-0.39, 0.29) is 0 Å². The molecule has 0 saturated carbocycles. The van der Waals surface area contributed by atoms with Crippen molar-refractivity contribution in [1.29, 1.82) is 0 Å². The van der Waals surface area contributed by atoms with E-state index in [2.05, 4.69) is 38.8 Å². The number of halogens is 2. The molecule has 0 aliphatic heterocycles. The van der Waals surface area contributed by atoms with Gasteiger partial charge in [-0.1, -0.05) is 45.2 Å². The van der Waals surface area contributed by atoms with Gasteiger partial charge in [0.1, 0.15) is 0 Å². The highest BCUT2D eigenvalue weighted by Gasteiger charge is 1.98. The number of unbranched alkanes of at least 4 members (excludes halogenated alkanes) is 1. The zero-order valence-corrected chi connectivity index (χ0v) is 8.75. The molecule has 0 spiro atoms. The van der Waals surface area contributed by atoms with Gasteiger partial charge in [0.15, 0.2) is 0 Å². The minimum atomic E-state index is 0.636. The lowest BCUT2D eigenvalue weighted by Gasteiger charge is -2.03. The Hall–Kier alpha value is 0.960. The van der Waals surface area contributed by atoms with E-state index in [1.165, 1.54) is 19.3 Å². The van der Waals surface area contributed by atoms with Gasteiger partial charge in [0.2, 0.25) is 0 Å². The number of alkyl halides is 2. The Morgan fingerprint density at radius 1 is 1.33 bits per heavy atom. The van der Waals surface area contributed by atoms with E-state index in [9.17, 15) is 0 Å². The van der Waals surface area contributed by atoms with E-state index in [1.807, 2.05) is 0 Å². The lowest BCUT2D eigenvalue weighted by atomic mass is 10.2. The zero-order chi connectivity index (χ0) is 7.11. The van der Waals surface area contributed by atoms with Crippen molar-refractivity contribution >= 4 is 31.9 Å². The van der Waals surface area contributed by atoms with Crippen LogP contribution in [0.25, 0.3) is 0 Å². The molecule has 1 radical (unpaired) electrons. The maximum absolute atomic E-state index is 3.81. The van der Waals surface area contributed by atoms with E-state index < -0.39 is 0 Å². The Morgan fingerprint density at radius 2 is 2.00 bits per heavy atom. The molecule has 2 heteroatoms. The summed E-state index contributed by atoms with van der Waals surface area (Å²) in [5.41, 5.74) is 0. The second-order valence-corrected chi connectivity index (χ2v) is 4.16. The molecule has 0 rings (SSSR count). The van der Waals surface area contributed by atoms with Crippen molar-refractivity contribution < 1.29 is 0 Å². The molecule has 1 atom stereocenters. The molecular weight excluding hydrogens is 244 g/mol. The van der Waals surface area contributed by atoms with Crippen LogP contribution in [0, 0.1) is 6.92 Å². The molecule has 0 nitrogen and oxygen atoms in total. The van der Waals surface area contributed by atoms with Gasteiger partial charge >= 0.3 is 0 Å². The number of hydrogen-bond donors (Lipinski definition) is 0. The number of hydrogen-bond acceptors (Lipinski definition) is 0. The Labute approximate surface area is 74.7 Å². The topological polar surface area (TPSA) is 0 Å². The highest BCUT2D eigenvalue weighted by molar-refractivity contribution is 9.09. The summed E-state index contributed by atoms with van der Waals surface area (Å²) >= 11 is 6.92. The summed E-state index contributed by atoms with van der Waals surface area (Å²) in [5.74, 6) is 0. The van der Waals surface area contributed by atoms with Gasteiger partial charge in [-0.05, 0) is 19.3 Å². The molecule has 9 heavy (non-hydrogen) atoms. The summed E-state index contributed by atoms with van der Waals surface area (Å²) in [5, 5.41) is 1.13. The van der Waals surface area contributed by atoms with Crippen molar-refractivity contribution in [3.8, 4) is 0 Å². The van der Waals surface area contributed by atoms with Crippen LogP contribution in [-0.4, -0.2) is 10.2 Å². The Bertz CT molecular complexity index is 54.9. The zero-order valence-electron chi connectivity index (χ0n) is 5.58. The van der Waals surface area contributed by atoms with E-state index >= 15 is 0 Å². The van der Waals surface area contributed by atoms with E-state index in [0.29, 0.717) is 4.83 Å². The van der Waals surface area contributed by atoms with Crippen molar-refractivity contribution in [3.05, 3.63) is 6.92 Å². The van der Waals surface area contributed by atoms with Gasteiger partial charge in [-0.15, -0.1) is 0 Å². The highest BCUT2D eigenvalue weighted by Crippen LogP contribution is 2.12. The van der Waals surface area contributed by atoms with Crippen molar-refractivity contribution in [1.82, 2.24) is 0 Å². The van der Waals surface area contributed by atoms with Gasteiger partial charge < -0.3 is 0 Å². The third-order valence-corrected chi connectivity index (χ3v) is 2.69.